The number of halogens is 2. The van der Waals surface area contributed by atoms with Gasteiger partial charge in [-0.15, -0.1) is 0 Å². The SMILES string of the molecule is NCC(NC1CCCC1CO)c1ccc(Br)c(Cl)c1. The topological polar surface area (TPSA) is 58.3 Å². The van der Waals surface area contributed by atoms with Gasteiger partial charge in [-0.25, -0.2) is 0 Å². The van der Waals surface area contributed by atoms with E-state index in [0.717, 1.165) is 22.9 Å². The number of aliphatic hydroxyl groups excluding tert-OH is 1. The molecule has 0 amide bonds. The number of rotatable bonds is 5. The van der Waals surface area contributed by atoms with Crippen LogP contribution in [-0.2, 0) is 0 Å². The number of hydrogen-bond donors (Lipinski definition) is 3. The van der Waals surface area contributed by atoms with Gasteiger partial charge in [-0.2, -0.15) is 0 Å². The van der Waals surface area contributed by atoms with Crippen LogP contribution in [0.4, 0.5) is 0 Å². The Hall–Kier alpha value is -0.130. The first kappa shape index (κ1) is 15.3. The van der Waals surface area contributed by atoms with Crippen molar-refractivity contribution < 1.29 is 5.11 Å². The summed E-state index contributed by atoms with van der Waals surface area (Å²) in [5, 5.41) is 13.6. The largest absolute Gasteiger partial charge is 0.396 e. The highest BCUT2D eigenvalue weighted by molar-refractivity contribution is 9.10. The maximum Gasteiger partial charge on any atom is 0.0551 e. The first-order valence-electron chi connectivity index (χ1n) is 6.67. The van der Waals surface area contributed by atoms with Gasteiger partial charge in [-0.1, -0.05) is 24.1 Å². The molecule has 1 fully saturated rings. The molecule has 4 N–H and O–H groups in total. The Labute approximate surface area is 127 Å². The second kappa shape index (κ2) is 7.04. The quantitative estimate of drug-likeness (QED) is 0.767. The molecule has 0 heterocycles. The zero-order valence-corrected chi connectivity index (χ0v) is 13.1. The lowest BCUT2D eigenvalue weighted by Gasteiger charge is -2.26. The molecule has 0 radical (unpaired) electrons. The van der Waals surface area contributed by atoms with E-state index in [1.165, 1.54) is 6.42 Å². The predicted molar refractivity (Wildman–Crippen MR) is 82.3 cm³/mol. The second-order valence-electron chi connectivity index (χ2n) is 5.11. The van der Waals surface area contributed by atoms with Crippen molar-refractivity contribution in [2.24, 2.45) is 11.7 Å². The molecule has 5 heteroatoms. The van der Waals surface area contributed by atoms with Crippen molar-refractivity contribution in [2.45, 2.75) is 31.3 Å². The fourth-order valence-corrected chi connectivity index (χ4v) is 3.20. The molecule has 106 valence electrons. The van der Waals surface area contributed by atoms with E-state index >= 15 is 0 Å². The van der Waals surface area contributed by atoms with Crippen molar-refractivity contribution in [3.8, 4) is 0 Å². The van der Waals surface area contributed by atoms with Crippen LogP contribution in [0.2, 0.25) is 5.02 Å². The van der Waals surface area contributed by atoms with E-state index in [1.54, 1.807) is 0 Å². The van der Waals surface area contributed by atoms with Gasteiger partial charge in [-0.05, 0) is 52.4 Å². The monoisotopic (exact) mass is 346 g/mol. The standard InChI is InChI=1S/C14H20BrClN2O/c15-11-5-4-9(6-12(11)16)14(7-17)18-13-3-1-2-10(13)8-19/h4-6,10,13-14,18-19H,1-3,7-8,17H2. The molecule has 1 aromatic carbocycles. The molecule has 1 aliphatic carbocycles. The van der Waals surface area contributed by atoms with Crippen molar-refractivity contribution in [3.63, 3.8) is 0 Å². The molecule has 0 saturated heterocycles. The van der Waals surface area contributed by atoms with Crippen molar-refractivity contribution in [3.05, 3.63) is 33.3 Å². The number of aliphatic hydroxyl groups is 1. The highest BCUT2D eigenvalue weighted by atomic mass is 79.9. The summed E-state index contributed by atoms with van der Waals surface area (Å²) in [7, 11) is 0. The molecule has 3 nitrogen and oxygen atoms in total. The summed E-state index contributed by atoms with van der Waals surface area (Å²) in [6.07, 6.45) is 3.36. The van der Waals surface area contributed by atoms with Gasteiger partial charge in [0.2, 0.25) is 0 Å². The van der Waals surface area contributed by atoms with Crippen LogP contribution in [0, 0.1) is 5.92 Å². The van der Waals surface area contributed by atoms with Gasteiger partial charge in [0.25, 0.3) is 0 Å². The summed E-state index contributed by atoms with van der Waals surface area (Å²) in [5.41, 5.74) is 6.97. The zero-order valence-electron chi connectivity index (χ0n) is 10.8. The highest BCUT2D eigenvalue weighted by Crippen LogP contribution is 2.29. The average molecular weight is 348 g/mol. The van der Waals surface area contributed by atoms with Gasteiger partial charge in [0.05, 0.1) is 5.02 Å². The van der Waals surface area contributed by atoms with Crippen LogP contribution in [0.25, 0.3) is 0 Å². The molecular weight excluding hydrogens is 328 g/mol. The molecule has 1 aromatic rings. The Bertz CT molecular complexity index is 430. The smallest absolute Gasteiger partial charge is 0.0551 e. The molecule has 19 heavy (non-hydrogen) atoms. The number of benzene rings is 1. The molecule has 1 aliphatic rings. The third-order valence-corrected chi connectivity index (χ3v) is 5.12. The number of nitrogens with two attached hydrogens (primary N) is 1. The molecule has 0 spiro atoms. The van der Waals surface area contributed by atoms with E-state index in [2.05, 4.69) is 21.2 Å². The van der Waals surface area contributed by atoms with Gasteiger partial charge in [-0.3, -0.25) is 0 Å². The summed E-state index contributed by atoms with van der Waals surface area (Å²) in [6.45, 7) is 0.767. The van der Waals surface area contributed by atoms with Crippen LogP contribution < -0.4 is 11.1 Å². The summed E-state index contributed by atoms with van der Waals surface area (Å²) >= 11 is 9.52. The molecule has 3 unspecified atom stereocenters. The lowest BCUT2D eigenvalue weighted by Crippen LogP contribution is -2.39. The van der Waals surface area contributed by atoms with Crippen LogP contribution in [0.5, 0.6) is 0 Å². The average Bonchev–Trinajstić information content (AvgIpc) is 2.86. The Kier molecular flexibility index (Phi) is 5.66. The van der Waals surface area contributed by atoms with E-state index in [4.69, 9.17) is 17.3 Å². The Balaban J connectivity index is 2.09. The normalized spacial score (nSPS) is 24.6. The summed E-state index contributed by atoms with van der Waals surface area (Å²) < 4.78 is 0.891. The third-order valence-electron chi connectivity index (χ3n) is 3.89. The first-order chi connectivity index (χ1) is 9.15. The van der Waals surface area contributed by atoms with E-state index < -0.39 is 0 Å². The molecule has 0 aromatic heterocycles. The van der Waals surface area contributed by atoms with Gasteiger partial charge in [0.1, 0.15) is 0 Å². The third kappa shape index (κ3) is 3.70. The number of hydrogen-bond acceptors (Lipinski definition) is 3. The van der Waals surface area contributed by atoms with Crippen molar-refractivity contribution in [1.29, 1.82) is 0 Å². The minimum atomic E-state index is 0.0859. The Morgan fingerprint density at radius 2 is 2.26 bits per heavy atom. The molecule has 3 atom stereocenters. The highest BCUT2D eigenvalue weighted by Gasteiger charge is 2.28. The lowest BCUT2D eigenvalue weighted by atomic mass is 10.0. The van der Waals surface area contributed by atoms with Crippen LogP contribution >= 0.6 is 27.5 Å². The van der Waals surface area contributed by atoms with E-state index in [1.807, 2.05) is 18.2 Å². The minimum absolute atomic E-state index is 0.0859. The first-order valence-corrected chi connectivity index (χ1v) is 7.84. The minimum Gasteiger partial charge on any atom is -0.396 e. The number of nitrogens with one attached hydrogen (secondary N) is 1. The summed E-state index contributed by atoms with van der Waals surface area (Å²) in [4.78, 5) is 0. The molecule has 2 rings (SSSR count). The van der Waals surface area contributed by atoms with Crippen molar-refractivity contribution in [1.82, 2.24) is 5.32 Å². The predicted octanol–water partition coefficient (Wildman–Crippen LogP) is 2.85. The second-order valence-corrected chi connectivity index (χ2v) is 6.37. The lowest BCUT2D eigenvalue weighted by molar-refractivity contribution is 0.200. The van der Waals surface area contributed by atoms with Gasteiger partial charge < -0.3 is 16.2 Å². The molecule has 0 aliphatic heterocycles. The summed E-state index contributed by atoms with van der Waals surface area (Å²) in [6, 6.07) is 6.35. The molecule has 1 saturated carbocycles. The molecular formula is C14H20BrClN2O. The maximum atomic E-state index is 9.37. The Morgan fingerprint density at radius 1 is 1.47 bits per heavy atom. The zero-order chi connectivity index (χ0) is 13.8. The summed E-state index contributed by atoms with van der Waals surface area (Å²) in [5.74, 6) is 0.347. The molecule has 0 bridgehead atoms. The fraction of sp³-hybridized carbons (Fsp3) is 0.571. The fourth-order valence-electron chi connectivity index (χ4n) is 2.76. The van der Waals surface area contributed by atoms with E-state index in [-0.39, 0.29) is 12.6 Å². The maximum absolute atomic E-state index is 9.37. The van der Waals surface area contributed by atoms with E-state index in [0.29, 0.717) is 23.5 Å². The van der Waals surface area contributed by atoms with Crippen LogP contribution in [0.3, 0.4) is 0 Å². The van der Waals surface area contributed by atoms with Gasteiger partial charge in [0, 0.05) is 29.7 Å². The van der Waals surface area contributed by atoms with Crippen LogP contribution in [0.15, 0.2) is 22.7 Å². The Morgan fingerprint density at radius 3 is 2.89 bits per heavy atom. The van der Waals surface area contributed by atoms with Crippen molar-refractivity contribution >= 4 is 27.5 Å². The van der Waals surface area contributed by atoms with Crippen LogP contribution in [0.1, 0.15) is 30.9 Å². The van der Waals surface area contributed by atoms with Crippen LogP contribution in [-0.4, -0.2) is 24.3 Å². The van der Waals surface area contributed by atoms with E-state index in [9.17, 15) is 5.11 Å². The van der Waals surface area contributed by atoms with Gasteiger partial charge in [0.15, 0.2) is 0 Å². The van der Waals surface area contributed by atoms with Gasteiger partial charge >= 0.3 is 0 Å². The van der Waals surface area contributed by atoms with Crippen molar-refractivity contribution in [2.75, 3.05) is 13.2 Å².